The summed E-state index contributed by atoms with van der Waals surface area (Å²) in [7, 11) is 0. The minimum Gasteiger partial charge on any atom is -0.330 e. The zero-order valence-electron chi connectivity index (χ0n) is 12.1. The van der Waals surface area contributed by atoms with E-state index >= 15 is 0 Å². The molecule has 0 saturated carbocycles. The van der Waals surface area contributed by atoms with Gasteiger partial charge in [0, 0.05) is 11.3 Å². The predicted molar refractivity (Wildman–Crippen MR) is 79.5 cm³/mol. The Balaban J connectivity index is 2.48. The standard InChI is InChI=1S/C16H20N2O2/c1-4-8-14-15(12(3)19)11(2)18(16(20)17-14)13-9-6-5-7-10-13/h5-7,9-10,14H,4,8H2,1-3H3,(H,17,20). The molecular weight excluding hydrogens is 252 g/mol. The number of allylic oxidation sites excluding steroid dienone is 1. The number of ketones is 1. The van der Waals surface area contributed by atoms with Crippen molar-refractivity contribution in [1.29, 1.82) is 0 Å². The van der Waals surface area contributed by atoms with Crippen LogP contribution in [0.1, 0.15) is 33.6 Å². The van der Waals surface area contributed by atoms with Crippen LogP contribution in [-0.4, -0.2) is 17.9 Å². The number of benzene rings is 1. The van der Waals surface area contributed by atoms with Crippen molar-refractivity contribution in [2.24, 2.45) is 0 Å². The molecule has 0 bridgehead atoms. The Morgan fingerprint density at radius 2 is 1.95 bits per heavy atom. The molecule has 1 unspecified atom stereocenters. The molecule has 0 saturated heterocycles. The summed E-state index contributed by atoms with van der Waals surface area (Å²) in [5, 5.41) is 2.94. The SMILES string of the molecule is CCCC1NC(=O)N(c2ccccc2)C(C)=C1C(C)=O. The number of carbonyl (C=O) groups is 2. The number of hydrogen-bond acceptors (Lipinski definition) is 2. The number of nitrogens with one attached hydrogen (secondary N) is 1. The Bertz CT molecular complexity index is 549. The van der Waals surface area contributed by atoms with Crippen LogP contribution in [0.2, 0.25) is 0 Å². The fraction of sp³-hybridized carbons (Fsp3) is 0.375. The first kappa shape index (κ1) is 14.3. The number of urea groups is 1. The van der Waals surface area contributed by atoms with Crippen molar-refractivity contribution in [2.75, 3.05) is 4.90 Å². The van der Waals surface area contributed by atoms with E-state index in [0.717, 1.165) is 24.2 Å². The summed E-state index contributed by atoms with van der Waals surface area (Å²) in [6.07, 6.45) is 1.70. The normalized spacial score (nSPS) is 19.1. The molecule has 1 N–H and O–H groups in total. The van der Waals surface area contributed by atoms with Gasteiger partial charge >= 0.3 is 6.03 Å². The molecule has 4 nitrogen and oxygen atoms in total. The average molecular weight is 272 g/mol. The van der Waals surface area contributed by atoms with Crippen LogP contribution < -0.4 is 10.2 Å². The van der Waals surface area contributed by atoms with Gasteiger partial charge in [0.05, 0.1) is 11.7 Å². The zero-order chi connectivity index (χ0) is 14.7. The molecule has 20 heavy (non-hydrogen) atoms. The first-order valence-corrected chi connectivity index (χ1v) is 6.93. The molecule has 0 aromatic heterocycles. The second kappa shape index (κ2) is 5.90. The van der Waals surface area contributed by atoms with Crippen molar-refractivity contribution in [3.63, 3.8) is 0 Å². The fourth-order valence-electron chi connectivity index (χ4n) is 2.70. The van der Waals surface area contributed by atoms with Gasteiger partial charge in [0.25, 0.3) is 0 Å². The quantitative estimate of drug-likeness (QED) is 0.914. The summed E-state index contributed by atoms with van der Waals surface area (Å²) in [6.45, 7) is 5.44. The lowest BCUT2D eigenvalue weighted by molar-refractivity contribution is -0.114. The molecule has 2 rings (SSSR count). The number of hydrogen-bond donors (Lipinski definition) is 1. The molecule has 1 aliphatic heterocycles. The molecule has 0 fully saturated rings. The first-order chi connectivity index (χ1) is 9.56. The van der Waals surface area contributed by atoms with Crippen LogP contribution in [0.3, 0.4) is 0 Å². The predicted octanol–water partition coefficient (Wildman–Crippen LogP) is 3.25. The number of carbonyl (C=O) groups excluding carboxylic acids is 2. The highest BCUT2D eigenvalue weighted by Gasteiger charge is 2.33. The van der Waals surface area contributed by atoms with E-state index in [1.165, 1.54) is 0 Å². The maximum absolute atomic E-state index is 12.3. The van der Waals surface area contributed by atoms with Crippen molar-refractivity contribution in [2.45, 2.75) is 39.7 Å². The number of para-hydroxylation sites is 1. The maximum Gasteiger partial charge on any atom is 0.326 e. The fourth-order valence-corrected chi connectivity index (χ4v) is 2.70. The van der Waals surface area contributed by atoms with Crippen LogP contribution >= 0.6 is 0 Å². The second-order valence-corrected chi connectivity index (χ2v) is 5.02. The largest absolute Gasteiger partial charge is 0.330 e. The van der Waals surface area contributed by atoms with E-state index in [0.29, 0.717) is 5.57 Å². The van der Waals surface area contributed by atoms with E-state index in [1.807, 2.05) is 44.2 Å². The van der Waals surface area contributed by atoms with Crippen LogP contribution in [-0.2, 0) is 4.79 Å². The Labute approximate surface area is 119 Å². The average Bonchev–Trinajstić information content (AvgIpc) is 2.39. The van der Waals surface area contributed by atoms with Crippen molar-refractivity contribution in [3.05, 3.63) is 41.6 Å². The Hall–Kier alpha value is -2.10. The Morgan fingerprint density at radius 3 is 2.50 bits per heavy atom. The topological polar surface area (TPSA) is 49.4 Å². The lowest BCUT2D eigenvalue weighted by atomic mass is 9.95. The van der Waals surface area contributed by atoms with E-state index in [-0.39, 0.29) is 17.9 Å². The van der Waals surface area contributed by atoms with Crippen molar-refractivity contribution < 1.29 is 9.59 Å². The highest BCUT2D eigenvalue weighted by atomic mass is 16.2. The van der Waals surface area contributed by atoms with Crippen LogP contribution in [0.5, 0.6) is 0 Å². The van der Waals surface area contributed by atoms with Crippen molar-refractivity contribution in [3.8, 4) is 0 Å². The van der Waals surface area contributed by atoms with Crippen LogP contribution in [0, 0.1) is 0 Å². The van der Waals surface area contributed by atoms with Gasteiger partial charge in [0.15, 0.2) is 5.78 Å². The van der Waals surface area contributed by atoms with Gasteiger partial charge in [-0.2, -0.15) is 0 Å². The van der Waals surface area contributed by atoms with E-state index in [9.17, 15) is 9.59 Å². The summed E-state index contributed by atoms with van der Waals surface area (Å²) in [5.74, 6) is 0.0156. The Morgan fingerprint density at radius 1 is 1.30 bits per heavy atom. The third-order valence-electron chi connectivity index (χ3n) is 3.55. The number of amides is 2. The van der Waals surface area contributed by atoms with Gasteiger partial charge in [0.2, 0.25) is 0 Å². The van der Waals surface area contributed by atoms with Gasteiger partial charge in [-0.15, -0.1) is 0 Å². The van der Waals surface area contributed by atoms with E-state index in [1.54, 1.807) is 11.8 Å². The summed E-state index contributed by atoms with van der Waals surface area (Å²) < 4.78 is 0. The molecule has 1 heterocycles. The number of rotatable bonds is 4. The molecular formula is C16H20N2O2. The summed E-state index contributed by atoms with van der Waals surface area (Å²) in [5.41, 5.74) is 2.21. The molecule has 2 amide bonds. The summed E-state index contributed by atoms with van der Waals surface area (Å²) in [6, 6.07) is 9.03. The molecule has 4 heteroatoms. The Kier molecular flexibility index (Phi) is 4.23. The molecule has 1 aromatic carbocycles. The molecule has 0 aliphatic carbocycles. The highest BCUT2D eigenvalue weighted by molar-refractivity contribution is 6.04. The minimum absolute atomic E-state index is 0.0156. The van der Waals surface area contributed by atoms with Crippen molar-refractivity contribution >= 4 is 17.5 Å². The number of nitrogens with zero attached hydrogens (tertiary/aromatic N) is 1. The lowest BCUT2D eigenvalue weighted by Gasteiger charge is -2.35. The van der Waals surface area contributed by atoms with Crippen LogP contribution in [0.4, 0.5) is 10.5 Å². The highest BCUT2D eigenvalue weighted by Crippen LogP contribution is 2.28. The minimum atomic E-state index is -0.176. The van der Waals surface area contributed by atoms with E-state index < -0.39 is 0 Å². The second-order valence-electron chi connectivity index (χ2n) is 5.02. The maximum atomic E-state index is 12.3. The monoisotopic (exact) mass is 272 g/mol. The third kappa shape index (κ3) is 2.59. The number of anilines is 1. The smallest absolute Gasteiger partial charge is 0.326 e. The zero-order valence-corrected chi connectivity index (χ0v) is 12.1. The van der Waals surface area contributed by atoms with Gasteiger partial charge in [-0.1, -0.05) is 31.5 Å². The van der Waals surface area contributed by atoms with Gasteiger partial charge < -0.3 is 5.32 Å². The van der Waals surface area contributed by atoms with E-state index in [4.69, 9.17) is 0 Å². The third-order valence-corrected chi connectivity index (χ3v) is 3.55. The van der Waals surface area contributed by atoms with Gasteiger partial charge in [-0.05, 0) is 32.4 Å². The molecule has 1 atom stereocenters. The van der Waals surface area contributed by atoms with Gasteiger partial charge in [-0.3, -0.25) is 9.69 Å². The molecule has 1 aromatic rings. The molecule has 0 radical (unpaired) electrons. The number of Topliss-reactive ketones (excluding diaryl/α,β-unsaturated/α-hetero) is 1. The van der Waals surface area contributed by atoms with Crippen molar-refractivity contribution in [1.82, 2.24) is 5.32 Å². The molecule has 0 spiro atoms. The summed E-state index contributed by atoms with van der Waals surface area (Å²) in [4.78, 5) is 25.8. The van der Waals surface area contributed by atoms with Gasteiger partial charge in [-0.25, -0.2) is 4.79 Å². The summed E-state index contributed by atoms with van der Waals surface area (Å²) >= 11 is 0. The first-order valence-electron chi connectivity index (χ1n) is 6.93. The van der Waals surface area contributed by atoms with Gasteiger partial charge in [0.1, 0.15) is 0 Å². The molecule has 1 aliphatic rings. The van der Waals surface area contributed by atoms with E-state index in [2.05, 4.69) is 5.32 Å². The van der Waals surface area contributed by atoms with Crippen LogP contribution in [0.15, 0.2) is 41.6 Å². The lowest BCUT2D eigenvalue weighted by Crippen LogP contribution is -2.51. The van der Waals surface area contributed by atoms with Crippen LogP contribution in [0.25, 0.3) is 0 Å². The molecule has 106 valence electrons.